The highest BCUT2D eigenvalue weighted by Gasteiger charge is 2.03. The summed E-state index contributed by atoms with van der Waals surface area (Å²) in [6.07, 6.45) is 8.26. The van der Waals surface area contributed by atoms with Crippen LogP contribution in [0.4, 0.5) is 0 Å². The van der Waals surface area contributed by atoms with Crippen LogP contribution in [-0.4, -0.2) is 24.2 Å². The molecule has 0 aromatic rings. The van der Waals surface area contributed by atoms with Crippen molar-refractivity contribution in [3.05, 3.63) is 0 Å². The average molecular weight is 215 g/mol. The number of aliphatic carboxylic acids is 1. The van der Waals surface area contributed by atoms with Crippen LogP contribution in [0.15, 0.2) is 0 Å². The predicted octanol–water partition coefficient (Wildman–Crippen LogP) is 2.80. The molecule has 0 saturated heterocycles. The van der Waals surface area contributed by atoms with E-state index in [1.165, 1.54) is 25.7 Å². The van der Waals surface area contributed by atoms with E-state index in [2.05, 4.69) is 12.2 Å². The maximum atomic E-state index is 10.3. The molecule has 0 aromatic heterocycles. The number of rotatable bonds is 10. The number of hydrogen-bond acceptors (Lipinski definition) is 2. The first-order valence-corrected chi connectivity index (χ1v) is 6.09. The van der Waals surface area contributed by atoms with Crippen molar-refractivity contribution in [3.63, 3.8) is 0 Å². The quantitative estimate of drug-likeness (QED) is 0.551. The molecule has 0 rings (SSSR count). The molecule has 15 heavy (non-hydrogen) atoms. The molecule has 0 aliphatic carbocycles. The van der Waals surface area contributed by atoms with Gasteiger partial charge in [-0.25, -0.2) is 0 Å². The minimum Gasteiger partial charge on any atom is -0.481 e. The minimum absolute atomic E-state index is 0.324. The van der Waals surface area contributed by atoms with Gasteiger partial charge in [0.1, 0.15) is 0 Å². The van der Waals surface area contributed by atoms with Gasteiger partial charge in [0, 0.05) is 12.5 Å². The Labute approximate surface area is 93.3 Å². The molecule has 0 radical (unpaired) electrons. The van der Waals surface area contributed by atoms with E-state index in [1.54, 1.807) is 0 Å². The van der Waals surface area contributed by atoms with E-state index in [0.29, 0.717) is 12.5 Å². The van der Waals surface area contributed by atoms with Gasteiger partial charge in [-0.3, -0.25) is 4.79 Å². The van der Waals surface area contributed by atoms with Crippen LogP contribution in [0.2, 0.25) is 0 Å². The van der Waals surface area contributed by atoms with Crippen LogP contribution in [-0.2, 0) is 4.79 Å². The summed E-state index contributed by atoms with van der Waals surface area (Å²) < 4.78 is 0. The summed E-state index contributed by atoms with van der Waals surface area (Å²) in [7, 11) is 2.02. The zero-order chi connectivity index (χ0) is 11.5. The topological polar surface area (TPSA) is 49.3 Å². The molecule has 3 heteroatoms. The first-order chi connectivity index (χ1) is 7.20. The van der Waals surface area contributed by atoms with Crippen LogP contribution >= 0.6 is 0 Å². The average Bonchev–Trinajstić information content (AvgIpc) is 2.21. The van der Waals surface area contributed by atoms with Crippen molar-refractivity contribution < 1.29 is 9.90 Å². The Morgan fingerprint density at radius 1 is 1.20 bits per heavy atom. The van der Waals surface area contributed by atoms with Crippen LogP contribution in [0.1, 0.15) is 58.3 Å². The third-order valence-corrected chi connectivity index (χ3v) is 2.74. The van der Waals surface area contributed by atoms with Crippen molar-refractivity contribution >= 4 is 5.97 Å². The fourth-order valence-corrected chi connectivity index (χ4v) is 1.80. The molecule has 0 bridgehead atoms. The van der Waals surface area contributed by atoms with Gasteiger partial charge in [-0.2, -0.15) is 0 Å². The normalized spacial score (nSPS) is 12.7. The van der Waals surface area contributed by atoms with E-state index in [0.717, 1.165) is 19.3 Å². The molecule has 0 spiro atoms. The summed E-state index contributed by atoms with van der Waals surface area (Å²) in [5.74, 6) is -0.672. The number of carboxylic acids is 1. The number of nitrogens with one attached hydrogen (secondary N) is 1. The standard InChI is InChI=1S/C12H25NO2/c1-3-8-11(13-2)9-6-4-5-7-10-12(14)15/h11,13H,3-10H2,1-2H3,(H,14,15). The smallest absolute Gasteiger partial charge is 0.303 e. The van der Waals surface area contributed by atoms with Gasteiger partial charge in [0.15, 0.2) is 0 Å². The van der Waals surface area contributed by atoms with E-state index in [1.807, 2.05) is 7.05 Å². The second kappa shape index (κ2) is 9.97. The Morgan fingerprint density at radius 2 is 1.87 bits per heavy atom. The molecule has 0 amide bonds. The SMILES string of the molecule is CCCC(CCCCCCC(=O)O)NC. The van der Waals surface area contributed by atoms with E-state index < -0.39 is 5.97 Å². The van der Waals surface area contributed by atoms with Crippen LogP contribution in [0.5, 0.6) is 0 Å². The van der Waals surface area contributed by atoms with E-state index >= 15 is 0 Å². The summed E-state index contributed by atoms with van der Waals surface area (Å²) in [5.41, 5.74) is 0. The monoisotopic (exact) mass is 215 g/mol. The lowest BCUT2D eigenvalue weighted by Crippen LogP contribution is -2.24. The number of carbonyl (C=O) groups is 1. The fraction of sp³-hybridized carbons (Fsp3) is 0.917. The summed E-state index contributed by atoms with van der Waals surface area (Å²) in [4.78, 5) is 10.3. The van der Waals surface area contributed by atoms with Crippen LogP contribution in [0.3, 0.4) is 0 Å². The highest BCUT2D eigenvalue weighted by Crippen LogP contribution is 2.10. The molecule has 0 aliphatic rings. The van der Waals surface area contributed by atoms with Gasteiger partial charge in [-0.15, -0.1) is 0 Å². The largest absolute Gasteiger partial charge is 0.481 e. The molecular formula is C12H25NO2. The van der Waals surface area contributed by atoms with Crippen LogP contribution in [0, 0.1) is 0 Å². The number of carboxylic acid groups (broad SMARTS) is 1. The van der Waals surface area contributed by atoms with Crippen LogP contribution in [0.25, 0.3) is 0 Å². The predicted molar refractivity (Wildman–Crippen MR) is 63.1 cm³/mol. The number of unbranched alkanes of at least 4 members (excludes halogenated alkanes) is 3. The summed E-state index contributed by atoms with van der Waals surface area (Å²) in [5, 5.41) is 11.8. The fourth-order valence-electron chi connectivity index (χ4n) is 1.80. The molecule has 90 valence electrons. The summed E-state index contributed by atoms with van der Waals surface area (Å²) in [6, 6.07) is 0.648. The van der Waals surface area contributed by atoms with Gasteiger partial charge in [-0.1, -0.05) is 32.6 Å². The first-order valence-electron chi connectivity index (χ1n) is 6.09. The molecule has 1 atom stereocenters. The maximum Gasteiger partial charge on any atom is 0.303 e. The second-order valence-corrected chi connectivity index (χ2v) is 4.12. The van der Waals surface area contributed by atoms with Gasteiger partial charge in [0.05, 0.1) is 0 Å². The van der Waals surface area contributed by atoms with Gasteiger partial charge in [0.25, 0.3) is 0 Å². The molecule has 3 nitrogen and oxygen atoms in total. The highest BCUT2D eigenvalue weighted by molar-refractivity contribution is 5.66. The molecule has 1 unspecified atom stereocenters. The van der Waals surface area contributed by atoms with Gasteiger partial charge in [-0.05, 0) is 26.3 Å². The molecule has 0 saturated carbocycles. The molecule has 0 aliphatic heterocycles. The third-order valence-electron chi connectivity index (χ3n) is 2.74. The van der Waals surface area contributed by atoms with Crippen molar-refractivity contribution in [1.82, 2.24) is 5.32 Å². The van der Waals surface area contributed by atoms with Gasteiger partial charge < -0.3 is 10.4 Å². The second-order valence-electron chi connectivity index (χ2n) is 4.12. The van der Waals surface area contributed by atoms with Crippen molar-refractivity contribution in [2.24, 2.45) is 0 Å². The molecule has 0 heterocycles. The van der Waals surface area contributed by atoms with Crippen molar-refractivity contribution in [2.45, 2.75) is 64.3 Å². The van der Waals surface area contributed by atoms with E-state index in [9.17, 15) is 4.79 Å². The Balaban J connectivity index is 3.24. The number of hydrogen-bond donors (Lipinski definition) is 2. The highest BCUT2D eigenvalue weighted by atomic mass is 16.4. The summed E-state index contributed by atoms with van der Waals surface area (Å²) in [6.45, 7) is 2.21. The molecular weight excluding hydrogens is 190 g/mol. The van der Waals surface area contributed by atoms with Gasteiger partial charge >= 0.3 is 5.97 Å². The minimum atomic E-state index is -0.672. The lowest BCUT2D eigenvalue weighted by atomic mass is 10.0. The third kappa shape index (κ3) is 9.73. The van der Waals surface area contributed by atoms with Crippen LogP contribution < -0.4 is 5.32 Å². The lowest BCUT2D eigenvalue weighted by molar-refractivity contribution is -0.137. The summed E-state index contributed by atoms with van der Waals surface area (Å²) >= 11 is 0. The van der Waals surface area contributed by atoms with Crippen molar-refractivity contribution in [3.8, 4) is 0 Å². The Kier molecular flexibility index (Phi) is 9.59. The molecule has 2 N–H and O–H groups in total. The van der Waals surface area contributed by atoms with E-state index in [4.69, 9.17) is 5.11 Å². The van der Waals surface area contributed by atoms with Crippen molar-refractivity contribution in [1.29, 1.82) is 0 Å². The van der Waals surface area contributed by atoms with Gasteiger partial charge in [0.2, 0.25) is 0 Å². The Morgan fingerprint density at radius 3 is 2.40 bits per heavy atom. The molecule has 0 fully saturated rings. The lowest BCUT2D eigenvalue weighted by Gasteiger charge is -2.14. The Bertz CT molecular complexity index is 160. The zero-order valence-corrected chi connectivity index (χ0v) is 10.1. The first kappa shape index (κ1) is 14.4. The maximum absolute atomic E-state index is 10.3. The van der Waals surface area contributed by atoms with E-state index in [-0.39, 0.29) is 0 Å². The zero-order valence-electron chi connectivity index (χ0n) is 10.1. The molecule has 0 aromatic carbocycles. The Hall–Kier alpha value is -0.570. The van der Waals surface area contributed by atoms with Crippen molar-refractivity contribution in [2.75, 3.05) is 7.05 Å².